The third-order valence-electron chi connectivity index (χ3n) is 1.68. The van der Waals surface area contributed by atoms with Crippen molar-refractivity contribution in [2.45, 2.75) is 24.7 Å². The van der Waals surface area contributed by atoms with Gasteiger partial charge in [0.25, 0.3) is 0 Å². The molecule has 1 nitrogen and oxygen atoms in total. The predicted octanol–water partition coefficient (Wildman–Crippen LogP) is 3.84. The molecule has 72 valence electrons. The summed E-state index contributed by atoms with van der Waals surface area (Å²) in [5.41, 5.74) is 0. The second-order valence-corrected chi connectivity index (χ2v) is 3.38. The smallest absolute Gasteiger partial charge is 0.119 e. The van der Waals surface area contributed by atoms with E-state index in [1.165, 1.54) is 0 Å². The molecule has 0 amide bonds. The van der Waals surface area contributed by atoms with E-state index in [1.807, 2.05) is 0 Å². The Bertz CT molecular complexity index is 235. The maximum absolute atomic E-state index is 12.0. The van der Waals surface area contributed by atoms with E-state index < -0.39 is 0 Å². The standard InChI is InChI=1S/C10H13FOS/c1-2-3-8-12-9-4-6-10(13-11)7-5-9/h4-7H,2-3,8H2,1H3. The van der Waals surface area contributed by atoms with Crippen LogP contribution in [0.15, 0.2) is 29.2 Å². The highest BCUT2D eigenvalue weighted by molar-refractivity contribution is 7.94. The first-order valence-corrected chi connectivity index (χ1v) is 5.10. The number of hydrogen-bond donors (Lipinski definition) is 0. The maximum atomic E-state index is 12.0. The van der Waals surface area contributed by atoms with Crippen molar-refractivity contribution in [3.05, 3.63) is 24.3 Å². The summed E-state index contributed by atoms with van der Waals surface area (Å²) in [6.45, 7) is 2.85. The highest BCUT2D eigenvalue weighted by atomic mass is 32.2. The highest BCUT2D eigenvalue weighted by Crippen LogP contribution is 2.21. The minimum atomic E-state index is 0.250. The third kappa shape index (κ3) is 3.68. The van der Waals surface area contributed by atoms with Gasteiger partial charge in [0.15, 0.2) is 0 Å². The van der Waals surface area contributed by atoms with E-state index in [0.717, 1.165) is 25.2 Å². The van der Waals surface area contributed by atoms with Crippen molar-refractivity contribution in [2.24, 2.45) is 0 Å². The van der Waals surface area contributed by atoms with E-state index >= 15 is 0 Å². The van der Waals surface area contributed by atoms with Crippen molar-refractivity contribution >= 4 is 12.1 Å². The highest BCUT2D eigenvalue weighted by Gasteiger charge is 1.94. The number of unbranched alkanes of at least 4 members (excludes halogenated alkanes) is 1. The molecule has 0 aromatic heterocycles. The average molecular weight is 200 g/mol. The summed E-state index contributed by atoms with van der Waals surface area (Å²) in [6.07, 6.45) is 2.18. The van der Waals surface area contributed by atoms with Crippen LogP contribution in [-0.2, 0) is 0 Å². The Morgan fingerprint density at radius 2 is 2.00 bits per heavy atom. The number of halogens is 1. The van der Waals surface area contributed by atoms with Crippen LogP contribution < -0.4 is 4.74 Å². The van der Waals surface area contributed by atoms with E-state index in [1.54, 1.807) is 24.3 Å². The first-order chi connectivity index (χ1) is 6.36. The molecule has 0 N–H and O–H groups in total. The lowest BCUT2D eigenvalue weighted by atomic mass is 10.3. The minimum Gasteiger partial charge on any atom is -0.494 e. The molecule has 0 saturated heterocycles. The predicted molar refractivity (Wildman–Crippen MR) is 53.8 cm³/mol. The van der Waals surface area contributed by atoms with Gasteiger partial charge in [-0.2, -0.15) is 3.89 Å². The number of hydrogen-bond acceptors (Lipinski definition) is 2. The summed E-state index contributed by atoms with van der Waals surface area (Å²) in [5.74, 6) is 0.811. The molecule has 13 heavy (non-hydrogen) atoms. The normalized spacial score (nSPS) is 10.0. The van der Waals surface area contributed by atoms with Crippen LogP contribution in [-0.4, -0.2) is 6.61 Å². The minimum absolute atomic E-state index is 0.250. The summed E-state index contributed by atoms with van der Waals surface area (Å²) in [5, 5.41) is 0. The Hall–Kier alpha value is -0.700. The average Bonchev–Trinajstić information content (AvgIpc) is 2.19. The lowest BCUT2D eigenvalue weighted by Crippen LogP contribution is -1.95. The summed E-state index contributed by atoms with van der Waals surface area (Å²) < 4.78 is 17.5. The fourth-order valence-corrected chi connectivity index (χ4v) is 1.16. The monoisotopic (exact) mass is 200 g/mol. The molecule has 0 aliphatic carbocycles. The quantitative estimate of drug-likeness (QED) is 0.668. The van der Waals surface area contributed by atoms with E-state index in [0.29, 0.717) is 4.90 Å². The molecule has 3 heteroatoms. The van der Waals surface area contributed by atoms with Gasteiger partial charge >= 0.3 is 0 Å². The Labute approximate surface area is 82.6 Å². The van der Waals surface area contributed by atoms with Crippen molar-refractivity contribution in [1.29, 1.82) is 0 Å². The van der Waals surface area contributed by atoms with E-state index in [9.17, 15) is 3.89 Å². The van der Waals surface area contributed by atoms with Gasteiger partial charge in [-0.3, -0.25) is 0 Å². The SMILES string of the molecule is CCCCOc1ccc(SF)cc1. The van der Waals surface area contributed by atoms with Gasteiger partial charge in [-0.15, -0.1) is 0 Å². The molecule has 0 radical (unpaired) electrons. The second kappa shape index (κ2) is 5.86. The molecule has 0 atom stereocenters. The van der Waals surface area contributed by atoms with Gasteiger partial charge in [-0.1, -0.05) is 13.3 Å². The molecule has 1 aromatic carbocycles. The molecule has 0 bridgehead atoms. The summed E-state index contributed by atoms with van der Waals surface area (Å²) in [4.78, 5) is 0.614. The molecule has 0 heterocycles. The molecule has 0 aliphatic heterocycles. The fraction of sp³-hybridized carbons (Fsp3) is 0.400. The zero-order chi connectivity index (χ0) is 9.52. The largest absolute Gasteiger partial charge is 0.494 e. The molecule has 0 saturated carbocycles. The molecule has 1 aromatic rings. The molecule has 0 unspecified atom stereocenters. The Morgan fingerprint density at radius 1 is 1.31 bits per heavy atom. The zero-order valence-electron chi connectivity index (χ0n) is 7.63. The number of rotatable bonds is 5. The van der Waals surface area contributed by atoms with Crippen molar-refractivity contribution in [2.75, 3.05) is 6.61 Å². The van der Waals surface area contributed by atoms with Crippen molar-refractivity contribution in [3.8, 4) is 5.75 Å². The van der Waals surface area contributed by atoms with Crippen LogP contribution in [0.4, 0.5) is 3.89 Å². The van der Waals surface area contributed by atoms with Gasteiger partial charge in [0, 0.05) is 4.90 Å². The lowest BCUT2D eigenvalue weighted by molar-refractivity contribution is 0.309. The zero-order valence-corrected chi connectivity index (χ0v) is 8.44. The second-order valence-electron chi connectivity index (χ2n) is 2.75. The van der Waals surface area contributed by atoms with Gasteiger partial charge in [-0.25, -0.2) is 0 Å². The van der Waals surface area contributed by atoms with Crippen LogP contribution in [0.5, 0.6) is 5.75 Å². The van der Waals surface area contributed by atoms with Gasteiger partial charge in [0.1, 0.15) is 5.75 Å². The van der Waals surface area contributed by atoms with Crippen LogP contribution >= 0.6 is 12.1 Å². The molecule has 0 fully saturated rings. The molecule has 0 spiro atoms. The Morgan fingerprint density at radius 3 is 2.54 bits per heavy atom. The van der Waals surface area contributed by atoms with E-state index in [-0.39, 0.29) is 12.1 Å². The number of benzene rings is 1. The Kier molecular flexibility index (Phi) is 4.68. The molecule has 1 rings (SSSR count). The van der Waals surface area contributed by atoms with Crippen LogP contribution in [0.2, 0.25) is 0 Å². The first-order valence-electron chi connectivity index (χ1n) is 4.38. The van der Waals surface area contributed by atoms with Gasteiger partial charge in [0.2, 0.25) is 0 Å². The first kappa shape index (κ1) is 10.4. The van der Waals surface area contributed by atoms with E-state index in [4.69, 9.17) is 4.74 Å². The lowest BCUT2D eigenvalue weighted by Gasteiger charge is -2.04. The summed E-state index contributed by atoms with van der Waals surface area (Å²) in [7, 11) is 0. The van der Waals surface area contributed by atoms with Crippen LogP contribution in [0.3, 0.4) is 0 Å². The van der Waals surface area contributed by atoms with E-state index in [2.05, 4.69) is 6.92 Å². The summed E-state index contributed by atoms with van der Waals surface area (Å²) in [6, 6.07) is 7.01. The van der Waals surface area contributed by atoms with Crippen molar-refractivity contribution < 1.29 is 8.62 Å². The van der Waals surface area contributed by atoms with Crippen molar-refractivity contribution in [3.63, 3.8) is 0 Å². The van der Waals surface area contributed by atoms with Crippen LogP contribution in [0.1, 0.15) is 19.8 Å². The van der Waals surface area contributed by atoms with Crippen molar-refractivity contribution in [1.82, 2.24) is 0 Å². The maximum Gasteiger partial charge on any atom is 0.119 e. The van der Waals surface area contributed by atoms with Crippen LogP contribution in [0, 0.1) is 0 Å². The summed E-state index contributed by atoms with van der Waals surface area (Å²) >= 11 is 0.250. The van der Waals surface area contributed by atoms with Gasteiger partial charge in [-0.05, 0) is 30.7 Å². The molecular weight excluding hydrogens is 187 g/mol. The topological polar surface area (TPSA) is 9.23 Å². The van der Waals surface area contributed by atoms with Gasteiger partial charge in [0.05, 0.1) is 18.8 Å². The van der Waals surface area contributed by atoms with Crippen LogP contribution in [0.25, 0.3) is 0 Å². The molecular formula is C10H13FOS. The third-order valence-corrected chi connectivity index (χ3v) is 2.13. The fourth-order valence-electron chi connectivity index (χ4n) is 0.922. The molecule has 0 aliphatic rings. The number of ether oxygens (including phenoxy) is 1. The van der Waals surface area contributed by atoms with Gasteiger partial charge < -0.3 is 4.74 Å². The Balaban J connectivity index is 2.40.